The maximum absolute atomic E-state index is 5.43. The summed E-state index contributed by atoms with van der Waals surface area (Å²) in [5, 5.41) is 2.21. The zero-order valence-electron chi connectivity index (χ0n) is 35.6. The van der Waals surface area contributed by atoms with Gasteiger partial charge >= 0.3 is 0 Å². The molecule has 1 spiro atoms. The number of para-hydroxylation sites is 3. The van der Waals surface area contributed by atoms with E-state index in [1.54, 1.807) is 0 Å². The van der Waals surface area contributed by atoms with E-state index < -0.39 is 5.41 Å². The van der Waals surface area contributed by atoms with E-state index in [2.05, 4.69) is 218 Å². The van der Waals surface area contributed by atoms with Gasteiger partial charge in [0.05, 0.1) is 22.5 Å². The Morgan fingerprint density at radius 3 is 1.84 bits per heavy atom. The van der Waals surface area contributed by atoms with Crippen molar-refractivity contribution in [3.05, 3.63) is 263 Å². The Morgan fingerprint density at radius 2 is 1.11 bits per heavy atom. The number of rotatable bonds is 9. The van der Waals surface area contributed by atoms with Gasteiger partial charge < -0.3 is 4.90 Å². The highest BCUT2D eigenvalue weighted by atomic mass is 15.1. The first-order chi connectivity index (χ1) is 31.5. The molecule has 0 heterocycles. The number of aliphatic imine (C=N–C) groups is 3. The highest BCUT2D eigenvalue weighted by Crippen LogP contribution is 2.62. The van der Waals surface area contributed by atoms with Crippen LogP contribution in [0.15, 0.2) is 234 Å². The molecule has 2 aliphatic rings. The van der Waals surface area contributed by atoms with E-state index in [9.17, 15) is 0 Å². The number of hydrogen-bond donors (Lipinski definition) is 0. The number of anilines is 2. The molecule has 0 aromatic heterocycles. The summed E-state index contributed by atoms with van der Waals surface area (Å²) in [7, 11) is 0. The average molecular weight is 821 g/mol. The third-order valence-electron chi connectivity index (χ3n) is 13.0. The van der Waals surface area contributed by atoms with Crippen LogP contribution in [0, 0.1) is 0 Å². The van der Waals surface area contributed by atoms with E-state index in [1.165, 1.54) is 44.5 Å². The summed E-state index contributed by atoms with van der Waals surface area (Å²) >= 11 is 0. The minimum atomic E-state index is -0.394. The molecule has 0 N–H and O–H groups in total. The standard InChI is InChI=1S/C60H44N4/c1-40(44-22-17-19-42(37-44)39-64(46-23-5-4-6-24-46)58-34-16-15-33-57(58)61-3)62-59(51-29-18-21-43-20-7-8-25-47(43)51)63-41(2)45-35-36-56-52(38-45)50-28-11-14-32-55(50)60(56)53-30-12-9-26-48(53)49-27-10-13-31-54(49)60/h4-38H,1,3,39H2,2H3/b62-59-,63-41+. The Kier molecular flexibility index (Phi) is 9.62. The number of hydrogen-bond acceptors (Lipinski definition) is 3. The van der Waals surface area contributed by atoms with Crippen LogP contribution in [0.5, 0.6) is 0 Å². The van der Waals surface area contributed by atoms with Crippen LogP contribution in [-0.2, 0) is 12.0 Å². The van der Waals surface area contributed by atoms with Gasteiger partial charge in [0, 0.05) is 23.5 Å². The minimum Gasteiger partial charge on any atom is -0.335 e. The summed E-state index contributed by atoms with van der Waals surface area (Å²) in [6.45, 7) is 11.1. The van der Waals surface area contributed by atoms with Gasteiger partial charge in [-0.15, -0.1) is 0 Å². The molecule has 0 saturated heterocycles. The summed E-state index contributed by atoms with van der Waals surface area (Å²) < 4.78 is 0. The molecule has 0 radical (unpaired) electrons. The topological polar surface area (TPSA) is 40.3 Å². The van der Waals surface area contributed by atoms with E-state index in [0.717, 1.165) is 55.8 Å². The highest BCUT2D eigenvalue weighted by molar-refractivity contribution is 6.18. The number of nitrogens with zero attached hydrogens (tertiary/aromatic N) is 4. The molecule has 2 aliphatic carbocycles. The summed E-state index contributed by atoms with van der Waals surface area (Å²) in [6, 6.07) is 75.4. The molecule has 0 saturated carbocycles. The molecule has 0 aliphatic heterocycles. The van der Waals surface area contributed by atoms with Gasteiger partial charge in [-0.3, -0.25) is 4.99 Å². The Hall–Kier alpha value is -8.21. The maximum Gasteiger partial charge on any atom is 0.160 e. The number of benzene rings is 9. The van der Waals surface area contributed by atoms with Crippen LogP contribution >= 0.6 is 0 Å². The molecule has 4 nitrogen and oxygen atoms in total. The number of fused-ring (bicyclic) bond motifs is 11. The lowest BCUT2D eigenvalue weighted by Crippen LogP contribution is -2.25. The van der Waals surface area contributed by atoms with Crippen LogP contribution in [0.3, 0.4) is 0 Å². The smallest absolute Gasteiger partial charge is 0.160 e. The van der Waals surface area contributed by atoms with E-state index in [0.29, 0.717) is 18.1 Å². The Bertz CT molecular complexity index is 3320. The molecular formula is C60H44N4. The molecule has 0 amide bonds. The van der Waals surface area contributed by atoms with Gasteiger partial charge in [-0.05, 0) is 122 Å². The molecule has 9 aromatic carbocycles. The van der Waals surface area contributed by atoms with Crippen molar-refractivity contribution in [2.45, 2.75) is 18.9 Å². The van der Waals surface area contributed by atoms with Gasteiger partial charge in [0.2, 0.25) is 0 Å². The lowest BCUT2D eigenvalue weighted by molar-refractivity contribution is 0.793. The normalized spacial score (nSPS) is 13.3. The highest BCUT2D eigenvalue weighted by Gasteiger charge is 2.51. The van der Waals surface area contributed by atoms with Gasteiger partial charge in [-0.2, -0.15) is 0 Å². The molecule has 0 unspecified atom stereocenters. The van der Waals surface area contributed by atoms with E-state index in [1.807, 2.05) is 24.3 Å². The lowest BCUT2D eigenvalue weighted by atomic mass is 9.70. The minimum absolute atomic E-state index is 0.394. The van der Waals surface area contributed by atoms with E-state index in [-0.39, 0.29) is 0 Å². The second-order valence-corrected chi connectivity index (χ2v) is 16.5. The average Bonchev–Trinajstić information content (AvgIpc) is 3.82. The molecule has 0 bridgehead atoms. The van der Waals surface area contributed by atoms with Crippen molar-refractivity contribution < 1.29 is 0 Å². The molecule has 11 rings (SSSR count). The van der Waals surface area contributed by atoms with Crippen LogP contribution in [0.4, 0.5) is 17.1 Å². The lowest BCUT2D eigenvalue weighted by Gasteiger charge is -2.30. The van der Waals surface area contributed by atoms with Crippen molar-refractivity contribution >= 4 is 51.8 Å². The third kappa shape index (κ3) is 6.34. The molecule has 0 fully saturated rings. The van der Waals surface area contributed by atoms with Crippen LogP contribution in [-0.4, -0.2) is 18.3 Å². The van der Waals surface area contributed by atoms with Crippen LogP contribution < -0.4 is 4.90 Å². The van der Waals surface area contributed by atoms with Crippen LogP contribution in [0.25, 0.3) is 38.7 Å². The SMILES string of the molecule is C=Nc1ccccc1N(Cc1cccc(C(=C)/N=C(\N=C(/C)c2ccc3c(c2)-c2ccccc2C32c3ccccc3-c3ccccc32)c2cccc3ccccc23)c1)c1ccccc1. The maximum atomic E-state index is 5.43. The summed E-state index contributed by atoms with van der Waals surface area (Å²) in [5.41, 5.74) is 18.4. The molecule has 4 heteroatoms. The third-order valence-corrected chi connectivity index (χ3v) is 13.0. The second kappa shape index (κ2) is 15.9. The Balaban J connectivity index is 1.01. The van der Waals surface area contributed by atoms with Crippen LogP contribution in [0.1, 0.15) is 51.4 Å². The molecular weight excluding hydrogens is 777 g/mol. The second-order valence-electron chi connectivity index (χ2n) is 16.5. The van der Waals surface area contributed by atoms with Crippen molar-refractivity contribution in [1.82, 2.24) is 0 Å². The van der Waals surface area contributed by atoms with Crippen LogP contribution in [0.2, 0.25) is 0 Å². The zero-order chi connectivity index (χ0) is 43.2. The summed E-state index contributed by atoms with van der Waals surface area (Å²) in [5.74, 6) is 0.609. The molecule has 0 atom stereocenters. The van der Waals surface area contributed by atoms with E-state index >= 15 is 0 Å². The zero-order valence-corrected chi connectivity index (χ0v) is 35.6. The molecule has 64 heavy (non-hydrogen) atoms. The fraction of sp³-hybridized carbons (Fsp3) is 0.0500. The quantitative estimate of drug-likeness (QED) is 0.106. The first-order valence-corrected chi connectivity index (χ1v) is 21.8. The predicted molar refractivity (Wildman–Crippen MR) is 269 cm³/mol. The molecule has 9 aromatic rings. The van der Waals surface area contributed by atoms with Crippen molar-refractivity contribution in [2.24, 2.45) is 15.0 Å². The Labute approximate surface area is 374 Å². The number of amidine groups is 1. The predicted octanol–water partition coefficient (Wildman–Crippen LogP) is 14.8. The van der Waals surface area contributed by atoms with Crippen molar-refractivity contribution in [2.75, 3.05) is 4.90 Å². The van der Waals surface area contributed by atoms with Gasteiger partial charge in [0.15, 0.2) is 5.84 Å². The fourth-order valence-electron chi connectivity index (χ4n) is 10.1. The van der Waals surface area contributed by atoms with Gasteiger partial charge in [0.1, 0.15) is 0 Å². The van der Waals surface area contributed by atoms with Gasteiger partial charge in [-0.25, -0.2) is 9.98 Å². The van der Waals surface area contributed by atoms with E-state index in [4.69, 9.17) is 9.98 Å². The van der Waals surface area contributed by atoms with Crippen molar-refractivity contribution in [1.29, 1.82) is 0 Å². The van der Waals surface area contributed by atoms with Gasteiger partial charge in [0.25, 0.3) is 0 Å². The van der Waals surface area contributed by atoms with Crippen molar-refractivity contribution in [3.63, 3.8) is 0 Å². The summed E-state index contributed by atoms with van der Waals surface area (Å²) in [4.78, 5) is 17.4. The summed E-state index contributed by atoms with van der Waals surface area (Å²) in [6.07, 6.45) is 0. The Morgan fingerprint density at radius 1 is 0.516 bits per heavy atom. The monoisotopic (exact) mass is 820 g/mol. The fourth-order valence-corrected chi connectivity index (χ4v) is 10.1. The first-order valence-electron chi connectivity index (χ1n) is 21.8. The largest absolute Gasteiger partial charge is 0.335 e. The van der Waals surface area contributed by atoms with Crippen molar-refractivity contribution in [3.8, 4) is 22.3 Å². The van der Waals surface area contributed by atoms with Gasteiger partial charge in [-0.1, -0.05) is 183 Å². The molecule has 304 valence electrons. The first kappa shape index (κ1) is 38.7.